The Labute approximate surface area is 182 Å². The third-order valence-electron chi connectivity index (χ3n) is 5.43. The molecule has 0 saturated heterocycles. The fraction of sp³-hybridized carbons (Fsp3) is 0.375. The predicted octanol–water partition coefficient (Wildman–Crippen LogP) is 3.23. The van der Waals surface area contributed by atoms with Crippen LogP contribution < -0.4 is 23.8 Å². The highest BCUT2D eigenvalue weighted by molar-refractivity contribution is 5.91. The van der Waals surface area contributed by atoms with Gasteiger partial charge in [0.2, 0.25) is 11.7 Å². The molecule has 1 amide bonds. The number of rotatable bonds is 6. The summed E-state index contributed by atoms with van der Waals surface area (Å²) in [5.74, 6) is 2.58. The fourth-order valence-electron chi connectivity index (χ4n) is 3.85. The van der Waals surface area contributed by atoms with E-state index in [9.17, 15) is 4.79 Å². The zero-order valence-corrected chi connectivity index (χ0v) is 18.2. The van der Waals surface area contributed by atoms with E-state index in [0.717, 1.165) is 30.1 Å². The van der Waals surface area contributed by atoms with Crippen molar-refractivity contribution < 1.29 is 23.7 Å². The van der Waals surface area contributed by atoms with Gasteiger partial charge in [-0.1, -0.05) is 12.1 Å². The second-order valence-corrected chi connectivity index (χ2v) is 7.55. The molecule has 0 bridgehead atoms. The largest absolute Gasteiger partial charge is 0.493 e. The highest BCUT2D eigenvalue weighted by atomic mass is 16.6. The summed E-state index contributed by atoms with van der Waals surface area (Å²) < 4.78 is 22.8. The topological polar surface area (TPSA) is 60.5 Å². The minimum Gasteiger partial charge on any atom is -0.493 e. The summed E-state index contributed by atoms with van der Waals surface area (Å²) in [5.41, 5.74) is 1.91. The van der Waals surface area contributed by atoms with E-state index in [1.807, 2.05) is 30.3 Å². The van der Waals surface area contributed by atoms with E-state index in [2.05, 4.69) is 17.9 Å². The van der Waals surface area contributed by atoms with Crippen LogP contribution in [0.1, 0.15) is 12.5 Å². The number of ether oxygens (including phenoxy) is 4. The molecule has 2 aromatic carbocycles. The third-order valence-corrected chi connectivity index (χ3v) is 5.43. The van der Waals surface area contributed by atoms with Crippen molar-refractivity contribution in [3.63, 3.8) is 0 Å². The minimum atomic E-state index is -0.0978. The average molecular weight is 424 g/mol. The first kappa shape index (κ1) is 20.9. The number of para-hydroxylation sites is 2. The lowest BCUT2D eigenvalue weighted by molar-refractivity contribution is -0.125. The summed E-state index contributed by atoms with van der Waals surface area (Å²) in [6.07, 6.45) is 3.22. The molecule has 0 spiro atoms. The van der Waals surface area contributed by atoms with Crippen LogP contribution in [-0.4, -0.2) is 63.9 Å². The van der Waals surface area contributed by atoms with Gasteiger partial charge in [0.15, 0.2) is 11.5 Å². The molecule has 7 heteroatoms. The average Bonchev–Trinajstić information content (AvgIpc) is 2.81. The Morgan fingerprint density at radius 1 is 1.23 bits per heavy atom. The van der Waals surface area contributed by atoms with Crippen molar-refractivity contribution in [1.82, 2.24) is 4.90 Å². The summed E-state index contributed by atoms with van der Waals surface area (Å²) in [4.78, 5) is 16.7. The summed E-state index contributed by atoms with van der Waals surface area (Å²) in [6, 6.07) is 11.7. The van der Waals surface area contributed by atoms with Crippen molar-refractivity contribution >= 4 is 17.7 Å². The second-order valence-electron chi connectivity index (χ2n) is 7.55. The van der Waals surface area contributed by atoms with E-state index in [4.69, 9.17) is 18.9 Å². The maximum Gasteiger partial charge on any atom is 0.246 e. The molecule has 2 aromatic rings. The molecule has 0 saturated carbocycles. The molecule has 1 atom stereocenters. The third kappa shape index (κ3) is 4.55. The van der Waals surface area contributed by atoms with E-state index in [0.29, 0.717) is 37.0 Å². The Kier molecular flexibility index (Phi) is 6.21. The molecule has 0 aromatic heterocycles. The van der Waals surface area contributed by atoms with Crippen LogP contribution >= 0.6 is 0 Å². The van der Waals surface area contributed by atoms with Gasteiger partial charge in [0.25, 0.3) is 0 Å². The molecule has 2 heterocycles. The first-order chi connectivity index (χ1) is 15.1. The van der Waals surface area contributed by atoms with Gasteiger partial charge in [0, 0.05) is 19.7 Å². The zero-order valence-electron chi connectivity index (χ0n) is 18.2. The van der Waals surface area contributed by atoms with Crippen LogP contribution in [0.3, 0.4) is 0 Å². The normalized spacial score (nSPS) is 17.1. The molecule has 0 aliphatic carbocycles. The summed E-state index contributed by atoms with van der Waals surface area (Å²) in [7, 11) is 3.37. The number of hydrogen-bond acceptors (Lipinski definition) is 6. The Hall–Kier alpha value is -3.35. The lowest BCUT2D eigenvalue weighted by Crippen LogP contribution is -2.46. The maximum absolute atomic E-state index is 12.7. The van der Waals surface area contributed by atoms with Gasteiger partial charge in [0.05, 0.1) is 25.9 Å². The summed E-state index contributed by atoms with van der Waals surface area (Å²) in [5, 5.41) is 0. The van der Waals surface area contributed by atoms with Gasteiger partial charge < -0.3 is 28.7 Å². The number of likely N-dealkylation sites (N-methyl/N-ethyl adjacent to an activating group) is 2. The molecule has 0 radical (unpaired) electrons. The zero-order chi connectivity index (χ0) is 21.8. The van der Waals surface area contributed by atoms with Crippen LogP contribution in [0.5, 0.6) is 23.0 Å². The molecule has 0 N–H and O–H groups in total. The van der Waals surface area contributed by atoms with E-state index in [1.165, 1.54) is 0 Å². The molecular weight excluding hydrogens is 396 g/mol. The molecule has 31 heavy (non-hydrogen) atoms. The van der Waals surface area contributed by atoms with Gasteiger partial charge in [-0.3, -0.25) is 4.79 Å². The number of amides is 1. The number of methoxy groups -OCH3 is 1. The molecule has 7 nitrogen and oxygen atoms in total. The highest BCUT2D eigenvalue weighted by Gasteiger charge is 2.26. The maximum atomic E-state index is 12.7. The SMILES string of the molecule is CCN1C[C@H](CN(C)C(=O)/C=C/c2cc(OC)c3c(c2)OCCO3)Oc2ccccc21. The van der Waals surface area contributed by atoms with Gasteiger partial charge in [-0.15, -0.1) is 0 Å². The van der Waals surface area contributed by atoms with Crippen LogP contribution in [0, 0.1) is 0 Å². The number of nitrogens with zero attached hydrogens (tertiary/aromatic N) is 2. The van der Waals surface area contributed by atoms with E-state index in [1.54, 1.807) is 31.2 Å². The van der Waals surface area contributed by atoms with Gasteiger partial charge in [0.1, 0.15) is 25.1 Å². The standard InChI is InChI=1S/C24H28N2O5/c1-4-26-16-18(31-20-8-6-5-7-19(20)26)15-25(2)23(27)10-9-17-13-21(28-3)24-22(14-17)29-11-12-30-24/h5-10,13-14,18H,4,11-12,15-16H2,1-3H3/b10-9+/t18-/m0/s1. The number of fused-ring (bicyclic) bond motifs is 2. The second kappa shape index (κ2) is 9.20. The quantitative estimate of drug-likeness (QED) is 0.664. The van der Waals surface area contributed by atoms with Crippen LogP contribution in [0.4, 0.5) is 5.69 Å². The highest BCUT2D eigenvalue weighted by Crippen LogP contribution is 2.40. The monoisotopic (exact) mass is 424 g/mol. The van der Waals surface area contributed by atoms with Crippen molar-refractivity contribution in [2.45, 2.75) is 13.0 Å². The first-order valence-corrected chi connectivity index (χ1v) is 10.5. The molecule has 164 valence electrons. The Morgan fingerprint density at radius 2 is 2.03 bits per heavy atom. The van der Waals surface area contributed by atoms with E-state index in [-0.39, 0.29) is 12.0 Å². The van der Waals surface area contributed by atoms with Crippen molar-refractivity contribution in [2.75, 3.05) is 51.9 Å². The summed E-state index contributed by atoms with van der Waals surface area (Å²) in [6.45, 7) is 5.24. The number of hydrogen-bond donors (Lipinski definition) is 0. The lowest BCUT2D eigenvalue weighted by atomic mass is 10.1. The number of carbonyl (C=O) groups excluding carboxylic acids is 1. The van der Waals surface area contributed by atoms with Crippen LogP contribution in [0.15, 0.2) is 42.5 Å². The fourth-order valence-corrected chi connectivity index (χ4v) is 3.85. The van der Waals surface area contributed by atoms with Crippen LogP contribution in [-0.2, 0) is 4.79 Å². The van der Waals surface area contributed by atoms with Crippen molar-refractivity contribution in [3.8, 4) is 23.0 Å². The van der Waals surface area contributed by atoms with Gasteiger partial charge >= 0.3 is 0 Å². The molecule has 2 aliphatic rings. The van der Waals surface area contributed by atoms with Gasteiger partial charge in [-0.25, -0.2) is 0 Å². The number of anilines is 1. The van der Waals surface area contributed by atoms with E-state index < -0.39 is 0 Å². The van der Waals surface area contributed by atoms with Crippen molar-refractivity contribution in [2.24, 2.45) is 0 Å². The molecule has 0 fully saturated rings. The number of carbonyl (C=O) groups is 1. The molecule has 4 rings (SSSR count). The Balaban J connectivity index is 1.42. The molecule has 0 unspecified atom stereocenters. The van der Waals surface area contributed by atoms with Gasteiger partial charge in [-0.2, -0.15) is 0 Å². The first-order valence-electron chi connectivity index (χ1n) is 10.5. The van der Waals surface area contributed by atoms with Crippen molar-refractivity contribution in [1.29, 1.82) is 0 Å². The summed E-state index contributed by atoms with van der Waals surface area (Å²) >= 11 is 0. The number of benzene rings is 2. The Bertz CT molecular complexity index is 957. The van der Waals surface area contributed by atoms with Gasteiger partial charge in [-0.05, 0) is 42.8 Å². The Morgan fingerprint density at radius 3 is 2.84 bits per heavy atom. The predicted molar refractivity (Wildman–Crippen MR) is 119 cm³/mol. The minimum absolute atomic E-state index is 0.0911. The van der Waals surface area contributed by atoms with E-state index >= 15 is 0 Å². The smallest absolute Gasteiger partial charge is 0.246 e. The van der Waals surface area contributed by atoms with Crippen molar-refractivity contribution in [3.05, 3.63) is 48.0 Å². The molecule has 2 aliphatic heterocycles. The van der Waals surface area contributed by atoms with Crippen LogP contribution in [0.25, 0.3) is 6.08 Å². The lowest BCUT2D eigenvalue weighted by Gasteiger charge is -2.37. The molecular formula is C24H28N2O5. The van der Waals surface area contributed by atoms with Crippen LogP contribution in [0.2, 0.25) is 0 Å².